The van der Waals surface area contributed by atoms with Gasteiger partial charge >= 0.3 is 0 Å². The topological polar surface area (TPSA) is 40.6 Å². The van der Waals surface area contributed by atoms with Crippen molar-refractivity contribution in [3.63, 3.8) is 0 Å². The summed E-state index contributed by atoms with van der Waals surface area (Å²) >= 11 is 6.05. The van der Waals surface area contributed by atoms with E-state index in [1.807, 2.05) is 4.90 Å². The van der Waals surface area contributed by atoms with Crippen molar-refractivity contribution >= 4 is 23.4 Å². The molecule has 4 rings (SSSR count). The second kappa shape index (κ2) is 6.84. The van der Waals surface area contributed by atoms with Gasteiger partial charge in [-0.3, -0.25) is 9.59 Å². The Balaban J connectivity index is 1.44. The molecule has 0 bridgehead atoms. The molecule has 2 aliphatic heterocycles. The van der Waals surface area contributed by atoms with Crippen LogP contribution < -0.4 is 0 Å². The second-order valence-electron chi connectivity index (χ2n) is 8.02. The first-order chi connectivity index (χ1) is 12.5. The van der Waals surface area contributed by atoms with E-state index in [0.29, 0.717) is 25.4 Å². The average molecular weight is 379 g/mol. The lowest BCUT2D eigenvalue weighted by molar-refractivity contribution is -0.146. The number of carbonyl (C=O) groups excluding carboxylic acids is 2. The van der Waals surface area contributed by atoms with E-state index < -0.39 is 11.2 Å². The van der Waals surface area contributed by atoms with E-state index in [0.717, 1.165) is 25.9 Å². The van der Waals surface area contributed by atoms with Gasteiger partial charge in [-0.05, 0) is 50.2 Å². The van der Waals surface area contributed by atoms with Crippen LogP contribution in [0.2, 0.25) is 5.02 Å². The number of carbonyl (C=O) groups is 2. The largest absolute Gasteiger partial charge is 0.342 e. The van der Waals surface area contributed by atoms with E-state index >= 15 is 0 Å². The highest BCUT2D eigenvalue weighted by atomic mass is 35.5. The Labute approximate surface area is 158 Å². The van der Waals surface area contributed by atoms with E-state index in [1.54, 1.807) is 11.0 Å². The third kappa shape index (κ3) is 3.34. The van der Waals surface area contributed by atoms with Crippen molar-refractivity contribution in [3.8, 4) is 0 Å². The standard InChI is InChI=1S/C20H24ClFN2O2/c21-16-3-1-4-17(22)15(16)11-18(25)24-10-8-20(13-24)7-2-9-23(19(20)26)12-14-5-6-14/h1,3-4,14H,2,5-13H2/t20-/m1/s1. The van der Waals surface area contributed by atoms with Crippen molar-refractivity contribution < 1.29 is 14.0 Å². The molecule has 0 aromatic heterocycles. The van der Waals surface area contributed by atoms with Crippen molar-refractivity contribution in [3.05, 3.63) is 34.6 Å². The number of piperidine rings is 1. The highest BCUT2D eigenvalue weighted by molar-refractivity contribution is 6.31. The number of likely N-dealkylation sites (tertiary alicyclic amines) is 2. The smallest absolute Gasteiger partial charge is 0.230 e. The van der Waals surface area contributed by atoms with Crippen LogP contribution in [0.1, 0.15) is 37.7 Å². The maximum atomic E-state index is 14.0. The van der Waals surface area contributed by atoms with Gasteiger partial charge in [0.15, 0.2) is 0 Å². The summed E-state index contributed by atoms with van der Waals surface area (Å²) in [5.74, 6) is 0.288. The molecule has 6 heteroatoms. The Morgan fingerprint density at radius 2 is 2.08 bits per heavy atom. The number of hydrogen-bond acceptors (Lipinski definition) is 2. The van der Waals surface area contributed by atoms with Crippen LogP contribution in [0.25, 0.3) is 0 Å². The summed E-state index contributed by atoms with van der Waals surface area (Å²) in [6, 6.07) is 4.45. The molecule has 1 spiro atoms. The normalized spacial score (nSPS) is 26.0. The van der Waals surface area contributed by atoms with Crippen LogP contribution in [0.3, 0.4) is 0 Å². The molecular weight excluding hydrogens is 355 g/mol. The fraction of sp³-hybridized carbons (Fsp3) is 0.600. The van der Waals surface area contributed by atoms with Crippen molar-refractivity contribution in [1.29, 1.82) is 0 Å². The van der Waals surface area contributed by atoms with Crippen LogP contribution in [0, 0.1) is 17.2 Å². The maximum Gasteiger partial charge on any atom is 0.230 e. The Morgan fingerprint density at radius 1 is 1.27 bits per heavy atom. The van der Waals surface area contributed by atoms with E-state index in [2.05, 4.69) is 0 Å². The highest BCUT2D eigenvalue weighted by Crippen LogP contribution is 2.42. The predicted molar refractivity (Wildman–Crippen MR) is 97.3 cm³/mol. The number of rotatable bonds is 4. The maximum absolute atomic E-state index is 14.0. The summed E-state index contributed by atoms with van der Waals surface area (Å²) < 4.78 is 14.0. The molecular formula is C20H24ClFN2O2. The highest BCUT2D eigenvalue weighted by Gasteiger charge is 2.49. The van der Waals surface area contributed by atoms with Gasteiger partial charge in [0.05, 0.1) is 11.8 Å². The molecule has 0 radical (unpaired) electrons. The zero-order valence-electron chi connectivity index (χ0n) is 14.8. The monoisotopic (exact) mass is 378 g/mol. The summed E-state index contributed by atoms with van der Waals surface area (Å²) in [5, 5.41) is 0.275. The van der Waals surface area contributed by atoms with Crippen molar-refractivity contribution in [2.45, 2.75) is 38.5 Å². The van der Waals surface area contributed by atoms with Crippen LogP contribution in [0.15, 0.2) is 18.2 Å². The Morgan fingerprint density at radius 3 is 2.81 bits per heavy atom. The van der Waals surface area contributed by atoms with Crippen LogP contribution in [-0.2, 0) is 16.0 Å². The van der Waals surface area contributed by atoms with Crippen LogP contribution in [0.4, 0.5) is 4.39 Å². The number of hydrogen-bond donors (Lipinski definition) is 0. The molecule has 2 amide bonds. The van der Waals surface area contributed by atoms with Gasteiger partial charge in [0.1, 0.15) is 5.82 Å². The Hall–Kier alpha value is -1.62. The molecule has 1 aliphatic carbocycles. The minimum atomic E-state index is -0.455. The van der Waals surface area contributed by atoms with Crippen LogP contribution in [0.5, 0.6) is 0 Å². The molecule has 3 aliphatic rings. The number of amides is 2. The fourth-order valence-corrected chi connectivity index (χ4v) is 4.60. The SMILES string of the molecule is O=C(Cc1c(F)cccc1Cl)N1CC[C@]2(CCCN(CC3CC3)C2=O)C1. The van der Waals surface area contributed by atoms with E-state index in [4.69, 9.17) is 11.6 Å². The summed E-state index contributed by atoms with van der Waals surface area (Å²) in [4.78, 5) is 29.5. The molecule has 3 fully saturated rings. The molecule has 1 aromatic carbocycles. The molecule has 1 aromatic rings. The van der Waals surface area contributed by atoms with E-state index in [-0.39, 0.29) is 28.8 Å². The van der Waals surface area contributed by atoms with Gasteiger partial charge in [0, 0.05) is 36.8 Å². The first-order valence-corrected chi connectivity index (χ1v) is 9.86. The van der Waals surface area contributed by atoms with Gasteiger partial charge in [0.2, 0.25) is 11.8 Å². The number of nitrogens with zero attached hydrogens (tertiary/aromatic N) is 2. The quantitative estimate of drug-likeness (QED) is 0.806. The third-order valence-electron chi connectivity index (χ3n) is 6.10. The van der Waals surface area contributed by atoms with Crippen LogP contribution in [-0.4, -0.2) is 47.8 Å². The summed E-state index contributed by atoms with van der Waals surface area (Å²) in [7, 11) is 0. The summed E-state index contributed by atoms with van der Waals surface area (Å²) in [6.45, 7) is 2.74. The van der Waals surface area contributed by atoms with Gasteiger partial charge in [-0.15, -0.1) is 0 Å². The first-order valence-electron chi connectivity index (χ1n) is 9.48. The van der Waals surface area contributed by atoms with Gasteiger partial charge in [-0.2, -0.15) is 0 Å². The molecule has 1 atom stereocenters. The zero-order chi connectivity index (χ0) is 18.3. The van der Waals surface area contributed by atoms with Gasteiger partial charge in [-0.25, -0.2) is 4.39 Å². The predicted octanol–water partition coefficient (Wildman–Crippen LogP) is 3.27. The summed E-state index contributed by atoms with van der Waals surface area (Å²) in [5.41, 5.74) is -0.188. The molecule has 26 heavy (non-hydrogen) atoms. The average Bonchev–Trinajstić information content (AvgIpc) is 3.33. The molecule has 140 valence electrons. The molecule has 1 saturated carbocycles. The van der Waals surface area contributed by atoms with Crippen LogP contribution >= 0.6 is 11.6 Å². The third-order valence-corrected chi connectivity index (χ3v) is 6.45. The summed E-state index contributed by atoms with van der Waals surface area (Å²) in [6.07, 6.45) is 4.96. The minimum Gasteiger partial charge on any atom is -0.342 e. The molecule has 2 heterocycles. The van der Waals surface area contributed by atoms with Crippen molar-refractivity contribution in [1.82, 2.24) is 9.80 Å². The lowest BCUT2D eigenvalue weighted by atomic mass is 9.78. The van der Waals surface area contributed by atoms with Gasteiger partial charge in [0.25, 0.3) is 0 Å². The van der Waals surface area contributed by atoms with Gasteiger partial charge in [-0.1, -0.05) is 17.7 Å². The lowest BCUT2D eigenvalue weighted by Crippen LogP contribution is -2.51. The second-order valence-corrected chi connectivity index (χ2v) is 8.43. The lowest BCUT2D eigenvalue weighted by Gasteiger charge is -2.39. The molecule has 0 unspecified atom stereocenters. The molecule has 0 N–H and O–H groups in total. The Bertz CT molecular complexity index is 716. The molecule has 4 nitrogen and oxygen atoms in total. The molecule has 2 saturated heterocycles. The number of benzene rings is 1. The van der Waals surface area contributed by atoms with E-state index in [9.17, 15) is 14.0 Å². The number of halogens is 2. The minimum absolute atomic E-state index is 0.0540. The zero-order valence-corrected chi connectivity index (χ0v) is 15.6. The first kappa shape index (κ1) is 17.8. The fourth-order valence-electron chi connectivity index (χ4n) is 4.37. The van der Waals surface area contributed by atoms with Gasteiger partial charge < -0.3 is 9.80 Å². The van der Waals surface area contributed by atoms with E-state index in [1.165, 1.54) is 25.0 Å². The Kier molecular flexibility index (Phi) is 4.68. The van der Waals surface area contributed by atoms with Crippen molar-refractivity contribution in [2.24, 2.45) is 11.3 Å². The van der Waals surface area contributed by atoms with Crippen molar-refractivity contribution in [2.75, 3.05) is 26.2 Å².